The third-order valence-corrected chi connectivity index (χ3v) is 3.82. The molecular formula is C19H27N3O3. The third-order valence-electron chi connectivity index (χ3n) is 3.82. The van der Waals surface area contributed by atoms with Crippen LogP contribution in [0.3, 0.4) is 0 Å². The fourth-order valence-corrected chi connectivity index (χ4v) is 2.55. The molecule has 0 aliphatic rings. The summed E-state index contributed by atoms with van der Waals surface area (Å²) in [7, 11) is 0. The fourth-order valence-electron chi connectivity index (χ4n) is 2.55. The van der Waals surface area contributed by atoms with Crippen LogP contribution in [0.5, 0.6) is 5.75 Å². The summed E-state index contributed by atoms with van der Waals surface area (Å²) >= 11 is 0. The van der Waals surface area contributed by atoms with Crippen LogP contribution in [0.1, 0.15) is 63.4 Å². The van der Waals surface area contributed by atoms with Gasteiger partial charge < -0.3 is 14.6 Å². The summed E-state index contributed by atoms with van der Waals surface area (Å²) in [6, 6.07) is 7.74. The lowest BCUT2D eigenvalue weighted by Crippen LogP contribution is -2.26. The molecule has 25 heavy (non-hydrogen) atoms. The van der Waals surface area contributed by atoms with E-state index in [0.29, 0.717) is 31.8 Å². The second-order valence-corrected chi connectivity index (χ2v) is 6.00. The minimum absolute atomic E-state index is 0.0163. The summed E-state index contributed by atoms with van der Waals surface area (Å²) in [6.45, 7) is 6.62. The molecule has 1 amide bonds. The molecule has 0 aliphatic carbocycles. The quantitative estimate of drug-likeness (QED) is 0.711. The standard InChI is InChI=1S/C19H27N3O3/c1-4-8-17-21-19(25-22-17)12-7-11-18(23)20-14(3)15-9-6-10-16(13-15)24-5-2/h6,9-10,13-14H,4-5,7-8,11-12H2,1-3H3,(H,20,23)/t14-/m1/s1. The normalized spacial score (nSPS) is 12.0. The van der Waals surface area contributed by atoms with E-state index >= 15 is 0 Å². The Kier molecular flexibility index (Phi) is 7.44. The SMILES string of the molecule is CCCc1noc(CCCC(=O)N[C@H](C)c2cccc(OCC)c2)n1. The monoisotopic (exact) mass is 345 g/mol. The van der Waals surface area contributed by atoms with Crippen molar-refractivity contribution in [2.75, 3.05) is 6.61 Å². The van der Waals surface area contributed by atoms with E-state index in [4.69, 9.17) is 9.26 Å². The first kappa shape index (κ1) is 19.0. The summed E-state index contributed by atoms with van der Waals surface area (Å²) in [5.74, 6) is 2.18. The number of carbonyl (C=O) groups excluding carboxylic acids is 1. The van der Waals surface area contributed by atoms with Gasteiger partial charge in [-0.3, -0.25) is 4.79 Å². The lowest BCUT2D eigenvalue weighted by Gasteiger charge is -2.15. The molecular weight excluding hydrogens is 318 g/mol. The molecule has 0 saturated heterocycles. The molecule has 6 heteroatoms. The van der Waals surface area contributed by atoms with Crippen LogP contribution in [-0.2, 0) is 17.6 Å². The molecule has 136 valence electrons. The van der Waals surface area contributed by atoms with Crippen LogP contribution in [0.2, 0.25) is 0 Å². The number of benzene rings is 1. The lowest BCUT2D eigenvalue weighted by atomic mass is 10.1. The van der Waals surface area contributed by atoms with Gasteiger partial charge in [-0.15, -0.1) is 0 Å². The minimum atomic E-state index is -0.0625. The summed E-state index contributed by atoms with van der Waals surface area (Å²) in [6.07, 6.45) is 3.55. The predicted octanol–water partition coefficient (Wildman–Crippen LogP) is 3.62. The van der Waals surface area contributed by atoms with Crippen molar-refractivity contribution in [2.24, 2.45) is 0 Å². The Hall–Kier alpha value is -2.37. The van der Waals surface area contributed by atoms with Crippen LogP contribution in [0.4, 0.5) is 0 Å². The van der Waals surface area contributed by atoms with E-state index in [-0.39, 0.29) is 11.9 Å². The van der Waals surface area contributed by atoms with E-state index < -0.39 is 0 Å². The van der Waals surface area contributed by atoms with Crippen molar-refractivity contribution >= 4 is 5.91 Å². The smallest absolute Gasteiger partial charge is 0.226 e. The highest BCUT2D eigenvalue weighted by Crippen LogP contribution is 2.19. The van der Waals surface area contributed by atoms with Crippen molar-refractivity contribution in [3.63, 3.8) is 0 Å². The summed E-state index contributed by atoms with van der Waals surface area (Å²) < 4.78 is 10.7. The zero-order valence-corrected chi connectivity index (χ0v) is 15.2. The molecule has 0 radical (unpaired) electrons. The van der Waals surface area contributed by atoms with Crippen LogP contribution in [0.25, 0.3) is 0 Å². The highest BCUT2D eigenvalue weighted by molar-refractivity contribution is 5.76. The van der Waals surface area contributed by atoms with Gasteiger partial charge in [0.15, 0.2) is 5.82 Å². The average Bonchev–Trinajstić information content (AvgIpc) is 3.03. The number of rotatable bonds is 10. The number of aromatic nitrogens is 2. The number of ether oxygens (including phenoxy) is 1. The number of aryl methyl sites for hydroxylation is 2. The van der Waals surface area contributed by atoms with E-state index in [1.165, 1.54) is 0 Å². The second kappa shape index (κ2) is 9.81. The molecule has 1 heterocycles. The van der Waals surface area contributed by atoms with E-state index in [1.54, 1.807) is 0 Å². The van der Waals surface area contributed by atoms with Crippen molar-refractivity contribution in [2.45, 2.75) is 58.9 Å². The van der Waals surface area contributed by atoms with Gasteiger partial charge in [0.1, 0.15) is 5.75 Å². The molecule has 0 spiro atoms. The van der Waals surface area contributed by atoms with Crippen molar-refractivity contribution < 1.29 is 14.1 Å². The van der Waals surface area contributed by atoms with Crippen molar-refractivity contribution in [1.29, 1.82) is 0 Å². The van der Waals surface area contributed by atoms with E-state index in [2.05, 4.69) is 22.4 Å². The number of nitrogens with zero attached hydrogens (tertiary/aromatic N) is 2. The molecule has 0 bridgehead atoms. The molecule has 2 aromatic rings. The fraction of sp³-hybridized carbons (Fsp3) is 0.526. The first-order valence-electron chi connectivity index (χ1n) is 8.96. The largest absolute Gasteiger partial charge is 0.494 e. The number of nitrogens with one attached hydrogen (secondary N) is 1. The maximum atomic E-state index is 12.1. The van der Waals surface area contributed by atoms with Gasteiger partial charge in [-0.25, -0.2) is 0 Å². The van der Waals surface area contributed by atoms with Crippen molar-refractivity contribution in [3.8, 4) is 5.75 Å². The molecule has 1 atom stereocenters. The molecule has 0 unspecified atom stereocenters. The topological polar surface area (TPSA) is 77.2 Å². The maximum Gasteiger partial charge on any atom is 0.226 e. The Morgan fingerprint density at radius 1 is 1.32 bits per heavy atom. The molecule has 1 N–H and O–H groups in total. The van der Waals surface area contributed by atoms with E-state index in [0.717, 1.165) is 30.0 Å². The molecule has 0 aliphatic heterocycles. The number of amides is 1. The Bertz CT molecular complexity index is 669. The molecule has 2 rings (SSSR count). The zero-order valence-electron chi connectivity index (χ0n) is 15.2. The van der Waals surface area contributed by atoms with Gasteiger partial charge in [0.25, 0.3) is 0 Å². The van der Waals surface area contributed by atoms with Gasteiger partial charge in [-0.2, -0.15) is 4.98 Å². The molecule has 0 saturated carbocycles. The molecule has 1 aromatic heterocycles. The van der Waals surface area contributed by atoms with Gasteiger partial charge in [-0.1, -0.05) is 24.2 Å². The van der Waals surface area contributed by atoms with Gasteiger partial charge in [-0.05, 0) is 44.4 Å². The van der Waals surface area contributed by atoms with Crippen LogP contribution in [0, 0.1) is 0 Å². The summed E-state index contributed by atoms with van der Waals surface area (Å²) in [4.78, 5) is 16.4. The summed E-state index contributed by atoms with van der Waals surface area (Å²) in [5, 5.41) is 6.93. The second-order valence-electron chi connectivity index (χ2n) is 6.00. The average molecular weight is 345 g/mol. The van der Waals surface area contributed by atoms with Crippen molar-refractivity contribution in [1.82, 2.24) is 15.5 Å². The summed E-state index contributed by atoms with van der Waals surface area (Å²) in [5.41, 5.74) is 1.03. The van der Waals surface area contributed by atoms with E-state index in [1.807, 2.05) is 38.1 Å². The Labute approximate surface area is 149 Å². The van der Waals surface area contributed by atoms with Crippen LogP contribution in [-0.4, -0.2) is 22.7 Å². The first-order chi connectivity index (χ1) is 12.1. The molecule has 1 aromatic carbocycles. The highest BCUT2D eigenvalue weighted by atomic mass is 16.5. The number of carbonyl (C=O) groups is 1. The number of hydrogen-bond donors (Lipinski definition) is 1. The highest BCUT2D eigenvalue weighted by Gasteiger charge is 2.11. The predicted molar refractivity (Wildman–Crippen MR) is 95.4 cm³/mol. The Morgan fingerprint density at radius 3 is 2.92 bits per heavy atom. The van der Waals surface area contributed by atoms with Gasteiger partial charge in [0, 0.05) is 19.3 Å². The third kappa shape index (κ3) is 6.21. The van der Waals surface area contributed by atoms with Crippen LogP contribution in [0.15, 0.2) is 28.8 Å². The van der Waals surface area contributed by atoms with Gasteiger partial charge in [0.2, 0.25) is 11.8 Å². The molecule has 6 nitrogen and oxygen atoms in total. The maximum absolute atomic E-state index is 12.1. The Morgan fingerprint density at radius 2 is 2.16 bits per heavy atom. The van der Waals surface area contributed by atoms with Gasteiger partial charge >= 0.3 is 0 Å². The van der Waals surface area contributed by atoms with Crippen molar-refractivity contribution in [3.05, 3.63) is 41.5 Å². The van der Waals surface area contributed by atoms with Gasteiger partial charge in [0.05, 0.1) is 12.6 Å². The van der Waals surface area contributed by atoms with Crippen LogP contribution >= 0.6 is 0 Å². The zero-order chi connectivity index (χ0) is 18.1. The van der Waals surface area contributed by atoms with Crippen LogP contribution < -0.4 is 10.1 Å². The van der Waals surface area contributed by atoms with E-state index in [9.17, 15) is 4.79 Å². The molecule has 0 fully saturated rings. The minimum Gasteiger partial charge on any atom is -0.494 e. The number of hydrogen-bond acceptors (Lipinski definition) is 5. The lowest BCUT2D eigenvalue weighted by molar-refractivity contribution is -0.121. The first-order valence-corrected chi connectivity index (χ1v) is 8.96. The Balaban J connectivity index is 1.76.